The van der Waals surface area contributed by atoms with E-state index in [1.807, 2.05) is 0 Å². The molecule has 1 N–H and O–H groups in total. The maximum atomic E-state index is 12.4. The van der Waals surface area contributed by atoms with Gasteiger partial charge in [0, 0.05) is 11.4 Å². The van der Waals surface area contributed by atoms with Gasteiger partial charge in [0.1, 0.15) is 0 Å². The lowest BCUT2D eigenvalue weighted by Crippen LogP contribution is -2.30. The molecule has 6 nitrogen and oxygen atoms in total. The minimum atomic E-state index is -1.04. The van der Waals surface area contributed by atoms with E-state index in [0.717, 1.165) is 6.42 Å². The van der Waals surface area contributed by atoms with Crippen molar-refractivity contribution in [3.05, 3.63) is 52.0 Å². The van der Waals surface area contributed by atoms with Gasteiger partial charge in [-0.25, -0.2) is 4.79 Å². The summed E-state index contributed by atoms with van der Waals surface area (Å²) in [5.74, 6) is -0.123. The molecular formula is C19H17Cl2NO5. The number of halogens is 2. The van der Waals surface area contributed by atoms with Crippen molar-refractivity contribution in [1.82, 2.24) is 0 Å². The number of fused-ring (bicyclic) bond motifs is 1. The van der Waals surface area contributed by atoms with Crippen LogP contribution in [-0.4, -0.2) is 31.2 Å². The van der Waals surface area contributed by atoms with E-state index in [9.17, 15) is 9.59 Å². The molecule has 8 heteroatoms. The van der Waals surface area contributed by atoms with Crippen LogP contribution in [0.25, 0.3) is 0 Å². The van der Waals surface area contributed by atoms with Gasteiger partial charge in [0.2, 0.25) is 0 Å². The highest BCUT2D eigenvalue weighted by molar-refractivity contribution is 6.35. The molecule has 27 heavy (non-hydrogen) atoms. The van der Waals surface area contributed by atoms with E-state index in [0.29, 0.717) is 40.4 Å². The summed E-state index contributed by atoms with van der Waals surface area (Å²) in [5.41, 5.74) is 0.604. The maximum Gasteiger partial charge on any atom is 0.339 e. The third kappa shape index (κ3) is 4.84. The Bertz CT molecular complexity index is 871. The van der Waals surface area contributed by atoms with Gasteiger partial charge in [0.15, 0.2) is 17.6 Å². The Morgan fingerprint density at radius 1 is 1.07 bits per heavy atom. The molecule has 1 amide bonds. The minimum absolute atomic E-state index is 0.264. The number of rotatable bonds is 4. The predicted octanol–water partition coefficient (Wildman–Crippen LogP) is 4.34. The predicted molar refractivity (Wildman–Crippen MR) is 102 cm³/mol. The minimum Gasteiger partial charge on any atom is -0.490 e. The topological polar surface area (TPSA) is 73.9 Å². The molecule has 0 saturated carbocycles. The Morgan fingerprint density at radius 2 is 1.81 bits per heavy atom. The van der Waals surface area contributed by atoms with Crippen molar-refractivity contribution in [2.24, 2.45) is 0 Å². The van der Waals surface area contributed by atoms with Gasteiger partial charge in [-0.05, 0) is 43.3 Å². The Labute approximate surface area is 166 Å². The summed E-state index contributed by atoms with van der Waals surface area (Å²) in [6.07, 6.45) is -0.277. The van der Waals surface area contributed by atoms with Crippen LogP contribution in [0.3, 0.4) is 0 Å². The van der Waals surface area contributed by atoms with Gasteiger partial charge >= 0.3 is 5.97 Å². The molecule has 1 atom stereocenters. The molecule has 2 aromatic carbocycles. The largest absolute Gasteiger partial charge is 0.490 e. The number of amides is 1. The van der Waals surface area contributed by atoms with E-state index in [1.165, 1.54) is 13.0 Å². The summed E-state index contributed by atoms with van der Waals surface area (Å²) in [4.78, 5) is 24.6. The van der Waals surface area contributed by atoms with Crippen molar-refractivity contribution in [2.75, 3.05) is 18.5 Å². The lowest BCUT2D eigenvalue weighted by Gasteiger charge is -2.15. The molecule has 1 heterocycles. The average Bonchev–Trinajstić information content (AvgIpc) is 2.89. The van der Waals surface area contributed by atoms with E-state index in [1.54, 1.807) is 30.3 Å². The number of esters is 1. The monoisotopic (exact) mass is 409 g/mol. The first-order valence-electron chi connectivity index (χ1n) is 8.30. The highest BCUT2D eigenvalue weighted by atomic mass is 35.5. The second-order valence-electron chi connectivity index (χ2n) is 5.87. The van der Waals surface area contributed by atoms with Crippen molar-refractivity contribution in [3.8, 4) is 11.5 Å². The van der Waals surface area contributed by atoms with E-state index in [4.69, 9.17) is 37.4 Å². The van der Waals surface area contributed by atoms with Crippen LogP contribution >= 0.6 is 23.2 Å². The Hall–Kier alpha value is -2.44. The first-order valence-corrected chi connectivity index (χ1v) is 9.06. The summed E-state index contributed by atoms with van der Waals surface area (Å²) in [7, 11) is 0. The van der Waals surface area contributed by atoms with Crippen molar-refractivity contribution in [1.29, 1.82) is 0 Å². The summed E-state index contributed by atoms with van der Waals surface area (Å²) in [6.45, 7) is 2.53. The fraction of sp³-hybridized carbons (Fsp3) is 0.263. The fourth-order valence-electron chi connectivity index (χ4n) is 2.40. The Balaban J connectivity index is 1.65. The van der Waals surface area contributed by atoms with Crippen LogP contribution in [-0.2, 0) is 9.53 Å². The molecular weight excluding hydrogens is 393 g/mol. The van der Waals surface area contributed by atoms with E-state index in [2.05, 4.69) is 5.32 Å². The van der Waals surface area contributed by atoms with Gasteiger partial charge < -0.3 is 19.5 Å². The quantitative estimate of drug-likeness (QED) is 0.760. The molecule has 0 saturated heterocycles. The maximum absolute atomic E-state index is 12.4. The van der Waals surface area contributed by atoms with Gasteiger partial charge in [0.25, 0.3) is 5.91 Å². The normalized spacial score (nSPS) is 14.0. The van der Waals surface area contributed by atoms with Crippen molar-refractivity contribution < 1.29 is 23.8 Å². The van der Waals surface area contributed by atoms with Crippen LogP contribution in [0.2, 0.25) is 10.0 Å². The lowest BCUT2D eigenvalue weighted by atomic mass is 10.2. The molecule has 3 rings (SSSR count). The molecule has 2 aromatic rings. The van der Waals surface area contributed by atoms with Gasteiger partial charge in [-0.15, -0.1) is 0 Å². The highest BCUT2D eigenvalue weighted by Gasteiger charge is 2.21. The van der Waals surface area contributed by atoms with Gasteiger partial charge in [0.05, 0.1) is 29.5 Å². The zero-order valence-corrected chi connectivity index (χ0v) is 16.0. The molecule has 1 aliphatic rings. The number of anilines is 1. The summed E-state index contributed by atoms with van der Waals surface area (Å²) in [6, 6.07) is 9.44. The average molecular weight is 410 g/mol. The van der Waals surface area contributed by atoms with Crippen LogP contribution in [0.5, 0.6) is 11.5 Å². The molecule has 0 bridgehead atoms. The van der Waals surface area contributed by atoms with Crippen LogP contribution < -0.4 is 14.8 Å². The number of nitrogens with one attached hydrogen (secondary N) is 1. The lowest BCUT2D eigenvalue weighted by molar-refractivity contribution is -0.123. The highest BCUT2D eigenvalue weighted by Crippen LogP contribution is 2.31. The SMILES string of the molecule is CC(OC(=O)c1ccc2c(c1)OCCCO2)C(=O)Nc1cc(Cl)ccc1Cl. The van der Waals surface area contributed by atoms with E-state index in [-0.39, 0.29) is 5.56 Å². The van der Waals surface area contributed by atoms with Crippen molar-refractivity contribution in [2.45, 2.75) is 19.4 Å². The van der Waals surface area contributed by atoms with Crippen LogP contribution in [0.1, 0.15) is 23.7 Å². The third-order valence-electron chi connectivity index (χ3n) is 3.82. The van der Waals surface area contributed by atoms with Crippen LogP contribution in [0.4, 0.5) is 5.69 Å². The van der Waals surface area contributed by atoms with E-state index >= 15 is 0 Å². The van der Waals surface area contributed by atoms with Crippen molar-refractivity contribution >= 4 is 40.8 Å². The summed E-state index contributed by atoms with van der Waals surface area (Å²) < 4.78 is 16.3. The molecule has 142 valence electrons. The molecule has 1 aliphatic heterocycles. The van der Waals surface area contributed by atoms with E-state index < -0.39 is 18.0 Å². The number of benzene rings is 2. The van der Waals surface area contributed by atoms with Crippen molar-refractivity contribution in [3.63, 3.8) is 0 Å². The van der Waals surface area contributed by atoms with Crippen LogP contribution in [0, 0.1) is 0 Å². The number of carbonyl (C=O) groups excluding carboxylic acids is 2. The zero-order valence-electron chi connectivity index (χ0n) is 14.5. The summed E-state index contributed by atoms with van der Waals surface area (Å²) in [5, 5.41) is 3.34. The molecule has 0 spiro atoms. The smallest absolute Gasteiger partial charge is 0.339 e. The molecule has 0 radical (unpaired) electrons. The number of carbonyl (C=O) groups is 2. The Morgan fingerprint density at radius 3 is 2.59 bits per heavy atom. The standard InChI is InChI=1S/C19H17Cl2NO5/c1-11(18(23)22-15-10-13(20)4-5-14(15)21)27-19(24)12-3-6-16-17(9-12)26-8-2-7-25-16/h3-6,9-11H,2,7-8H2,1H3,(H,22,23). The third-order valence-corrected chi connectivity index (χ3v) is 4.39. The van der Waals surface area contributed by atoms with Gasteiger partial charge in [-0.3, -0.25) is 4.79 Å². The van der Waals surface area contributed by atoms with Gasteiger partial charge in [-0.1, -0.05) is 23.2 Å². The molecule has 0 aromatic heterocycles. The molecule has 0 fully saturated rings. The molecule has 1 unspecified atom stereocenters. The first-order chi connectivity index (χ1) is 12.9. The second kappa shape index (κ2) is 8.50. The number of hydrogen-bond acceptors (Lipinski definition) is 5. The second-order valence-corrected chi connectivity index (χ2v) is 6.72. The number of ether oxygens (including phenoxy) is 3. The summed E-state index contributed by atoms with van der Waals surface area (Å²) >= 11 is 11.9. The molecule has 0 aliphatic carbocycles. The first kappa shape index (κ1) is 19.3. The number of hydrogen-bond donors (Lipinski definition) is 1. The van der Waals surface area contributed by atoms with Crippen LogP contribution in [0.15, 0.2) is 36.4 Å². The van der Waals surface area contributed by atoms with Gasteiger partial charge in [-0.2, -0.15) is 0 Å². The zero-order chi connectivity index (χ0) is 19.4. The fourth-order valence-corrected chi connectivity index (χ4v) is 2.74. The Kier molecular flexibility index (Phi) is 6.08.